The van der Waals surface area contributed by atoms with Gasteiger partial charge in [0.05, 0.1) is 10.9 Å². The monoisotopic (exact) mass is 365 g/mol. The normalized spacial score (nSPS) is 12.5. The van der Waals surface area contributed by atoms with E-state index in [1.54, 1.807) is 42.9 Å². The second kappa shape index (κ2) is 6.51. The lowest BCUT2D eigenvalue weighted by atomic mass is 10.1. The summed E-state index contributed by atoms with van der Waals surface area (Å²) >= 11 is -1.25. The maximum absolute atomic E-state index is 14.1. The van der Waals surface area contributed by atoms with Gasteiger partial charge in [0.1, 0.15) is 12.1 Å². The SMILES string of the molecule is Cc1ccc(F)c(-c2cnc(-n3nc([S+](C)[O-])c4cc[c]cc43)nc2)c1. The minimum Gasteiger partial charge on any atom is -0.610 e. The van der Waals surface area contributed by atoms with Crippen molar-refractivity contribution in [2.45, 2.75) is 11.9 Å². The fourth-order valence-electron chi connectivity index (χ4n) is 2.77. The van der Waals surface area contributed by atoms with Crippen molar-refractivity contribution < 1.29 is 8.94 Å². The summed E-state index contributed by atoms with van der Waals surface area (Å²) in [5.41, 5.74) is 2.70. The molecule has 0 aliphatic heterocycles. The molecule has 1 unspecified atom stereocenters. The molecule has 1 radical (unpaired) electrons. The standard InChI is InChI=1S/C19H14FN4OS/c1-12-7-8-16(20)15(9-12)13-10-21-19(22-11-13)24-17-6-4-3-5-14(17)18(23-24)26(2)25/h3,5-11H,1-2H3. The Morgan fingerprint density at radius 1 is 1.19 bits per heavy atom. The molecule has 2 heterocycles. The first-order valence-electron chi connectivity index (χ1n) is 7.86. The first-order chi connectivity index (χ1) is 12.5. The number of hydrogen-bond donors (Lipinski definition) is 0. The maximum Gasteiger partial charge on any atom is 0.271 e. The topological polar surface area (TPSA) is 66.7 Å². The summed E-state index contributed by atoms with van der Waals surface area (Å²) in [5.74, 6) is -0.00198. The molecule has 0 aliphatic carbocycles. The molecule has 0 fully saturated rings. The smallest absolute Gasteiger partial charge is 0.271 e. The van der Waals surface area contributed by atoms with E-state index >= 15 is 0 Å². The van der Waals surface area contributed by atoms with Crippen molar-refractivity contribution in [3.63, 3.8) is 0 Å². The third-order valence-corrected chi connectivity index (χ3v) is 4.87. The molecule has 0 N–H and O–H groups in total. The van der Waals surface area contributed by atoms with Crippen molar-refractivity contribution in [3.8, 4) is 17.1 Å². The summed E-state index contributed by atoms with van der Waals surface area (Å²) < 4.78 is 27.6. The lowest BCUT2D eigenvalue weighted by Gasteiger charge is -2.06. The summed E-state index contributed by atoms with van der Waals surface area (Å²) in [6.45, 7) is 1.90. The van der Waals surface area contributed by atoms with Gasteiger partial charge in [0, 0.05) is 34.7 Å². The van der Waals surface area contributed by atoms with E-state index in [9.17, 15) is 8.94 Å². The van der Waals surface area contributed by atoms with Crippen molar-refractivity contribution in [2.24, 2.45) is 0 Å². The van der Waals surface area contributed by atoms with Gasteiger partial charge in [-0.05, 0) is 37.3 Å². The highest BCUT2D eigenvalue weighted by molar-refractivity contribution is 7.90. The maximum atomic E-state index is 14.1. The number of fused-ring (bicyclic) bond motifs is 1. The molecule has 0 aliphatic rings. The Hall–Kier alpha value is -2.77. The number of rotatable bonds is 3. The lowest BCUT2D eigenvalue weighted by molar-refractivity contribution is 0.595. The molecule has 129 valence electrons. The number of aryl methyl sites for hydroxylation is 1. The van der Waals surface area contributed by atoms with Crippen LogP contribution >= 0.6 is 0 Å². The molecule has 0 saturated heterocycles. The molecule has 0 saturated carbocycles. The fraction of sp³-hybridized carbons (Fsp3) is 0.105. The van der Waals surface area contributed by atoms with E-state index in [0.29, 0.717) is 27.6 Å². The number of aromatic nitrogens is 4. The fourth-order valence-corrected chi connectivity index (χ4v) is 3.45. The molecular weight excluding hydrogens is 351 g/mol. The summed E-state index contributed by atoms with van der Waals surface area (Å²) in [6.07, 6.45) is 4.69. The molecule has 0 bridgehead atoms. The summed E-state index contributed by atoms with van der Waals surface area (Å²) in [4.78, 5) is 8.66. The van der Waals surface area contributed by atoms with E-state index in [4.69, 9.17) is 0 Å². The summed E-state index contributed by atoms with van der Waals surface area (Å²) in [5, 5.41) is 5.62. The Morgan fingerprint density at radius 2 is 1.96 bits per heavy atom. The number of hydrogen-bond acceptors (Lipinski definition) is 4. The van der Waals surface area contributed by atoms with Crippen LogP contribution in [-0.2, 0) is 11.2 Å². The van der Waals surface area contributed by atoms with E-state index in [0.717, 1.165) is 10.9 Å². The molecule has 4 aromatic rings. The van der Waals surface area contributed by atoms with Crippen LogP contribution in [0.25, 0.3) is 28.0 Å². The van der Waals surface area contributed by atoms with Crippen molar-refractivity contribution in [1.82, 2.24) is 19.7 Å². The van der Waals surface area contributed by atoms with Gasteiger partial charge >= 0.3 is 0 Å². The van der Waals surface area contributed by atoms with Crippen LogP contribution in [0.2, 0.25) is 0 Å². The Bertz CT molecular complexity index is 1090. The first kappa shape index (κ1) is 16.7. The lowest BCUT2D eigenvalue weighted by Crippen LogP contribution is -2.05. The second-order valence-electron chi connectivity index (χ2n) is 5.87. The van der Waals surface area contributed by atoms with Crippen LogP contribution in [0.3, 0.4) is 0 Å². The van der Waals surface area contributed by atoms with Crippen LogP contribution in [0, 0.1) is 18.8 Å². The van der Waals surface area contributed by atoms with Gasteiger partial charge in [-0.15, -0.1) is 5.10 Å². The van der Waals surface area contributed by atoms with Crippen molar-refractivity contribution in [3.05, 3.63) is 66.2 Å². The highest BCUT2D eigenvalue weighted by Crippen LogP contribution is 2.26. The van der Waals surface area contributed by atoms with E-state index in [2.05, 4.69) is 21.1 Å². The van der Waals surface area contributed by atoms with Gasteiger partial charge in [-0.25, -0.2) is 14.4 Å². The molecule has 26 heavy (non-hydrogen) atoms. The first-order valence-corrected chi connectivity index (χ1v) is 9.41. The Kier molecular flexibility index (Phi) is 4.18. The van der Waals surface area contributed by atoms with Gasteiger partial charge in [0.15, 0.2) is 0 Å². The van der Waals surface area contributed by atoms with Gasteiger partial charge in [0.2, 0.25) is 0 Å². The van der Waals surface area contributed by atoms with Crippen LogP contribution in [0.5, 0.6) is 0 Å². The van der Waals surface area contributed by atoms with E-state index < -0.39 is 11.2 Å². The highest BCUT2D eigenvalue weighted by atomic mass is 32.2. The molecule has 4 rings (SSSR count). The molecule has 2 aromatic carbocycles. The molecular formula is C19H14FN4OS. The number of halogens is 1. The zero-order chi connectivity index (χ0) is 18.3. The largest absolute Gasteiger partial charge is 0.610 e. The third-order valence-electron chi connectivity index (χ3n) is 4.02. The van der Waals surface area contributed by atoms with E-state index in [-0.39, 0.29) is 5.82 Å². The van der Waals surface area contributed by atoms with Crippen LogP contribution in [0.4, 0.5) is 4.39 Å². The van der Waals surface area contributed by atoms with Gasteiger partial charge < -0.3 is 4.55 Å². The van der Waals surface area contributed by atoms with Crippen molar-refractivity contribution >= 4 is 22.1 Å². The number of benzene rings is 2. The average molecular weight is 365 g/mol. The molecule has 0 spiro atoms. The quantitative estimate of drug-likeness (QED) is 0.522. The van der Waals surface area contributed by atoms with Crippen molar-refractivity contribution in [2.75, 3.05) is 6.26 Å². The van der Waals surface area contributed by atoms with Crippen LogP contribution in [0.1, 0.15) is 5.56 Å². The predicted octanol–water partition coefficient (Wildman–Crippen LogP) is 3.47. The molecule has 1 atom stereocenters. The van der Waals surface area contributed by atoms with Gasteiger partial charge in [-0.2, -0.15) is 4.68 Å². The average Bonchev–Trinajstić information content (AvgIpc) is 3.04. The summed E-state index contributed by atoms with van der Waals surface area (Å²) in [6, 6.07) is 13.2. The molecule has 0 amide bonds. The zero-order valence-corrected chi connectivity index (χ0v) is 14.9. The van der Waals surface area contributed by atoms with Gasteiger partial charge in [-0.3, -0.25) is 0 Å². The minimum atomic E-state index is -1.25. The van der Waals surface area contributed by atoms with Crippen LogP contribution in [0.15, 0.2) is 53.8 Å². The molecule has 5 nitrogen and oxygen atoms in total. The highest BCUT2D eigenvalue weighted by Gasteiger charge is 2.19. The molecule has 7 heteroatoms. The third kappa shape index (κ3) is 2.85. The molecule has 2 aromatic heterocycles. The zero-order valence-electron chi connectivity index (χ0n) is 14.1. The van der Waals surface area contributed by atoms with E-state index in [1.807, 2.05) is 13.0 Å². The predicted molar refractivity (Wildman–Crippen MR) is 98.0 cm³/mol. The Labute approximate surface area is 152 Å². The summed E-state index contributed by atoms with van der Waals surface area (Å²) in [7, 11) is 0. The van der Waals surface area contributed by atoms with E-state index in [1.165, 1.54) is 10.7 Å². The van der Waals surface area contributed by atoms with Crippen LogP contribution < -0.4 is 0 Å². The Balaban J connectivity index is 1.81. The minimum absolute atomic E-state index is 0.322. The van der Waals surface area contributed by atoms with Gasteiger partial charge in [-0.1, -0.05) is 17.7 Å². The number of nitrogens with zero attached hydrogens (tertiary/aromatic N) is 4. The van der Waals surface area contributed by atoms with Crippen molar-refractivity contribution in [1.29, 1.82) is 0 Å². The second-order valence-corrected chi connectivity index (χ2v) is 7.16. The Morgan fingerprint density at radius 3 is 2.69 bits per heavy atom. The van der Waals surface area contributed by atoms with Crippen LogP contribution in [-0.4, -0.2) is 30.6 Å². The van der Waals surface area contributed by atoms with Gasteiger partial charge in [0.25, 0.3) is 11.0 Å².